The second-order valence-electron chi connectivity index (χ2n) is 4.51. The van der Waals surface area contributed by atoms with E-state index in [2.05, 4.69) is 27.2 Å². The van der Waals surface area contributed by atoms with Crippen LogP contribution in [0.5, 0.6) is 0 Å². The number of rotatable bonds is 5. The lowest BCUT2D eigenvalue weighted by Crippen LogP contribution is -2.09. The summed E-state index contributed by atoms with van der Waals surface area (Å²) >= 11 is 0. The number of unbranched alkanes of at least 4 members (excludes halogenated alkanes) is 1. The standard InChI is InChI=1S/C13H19N7/c1-2-3-4-17-13-19-11(18-12(16)20-13)8-5-9(14)7-10(15)6-8/h5-7H,2-4,14-15H2,1H3,(H3,16,17,18,19,20). The first kappa shape index (κ1) is 13.9. The molecule has 0 saturated heterocycles. The van der Waals surface area contributed by atoms with Gasteiger partial charge in [-0.25, -0.2) is 0 Å². The molecule has 0 saturated carbocycles. The molecule has 0 radical (unpaired) electrons. The van der Waals surface area contributed by atoms with E-state index in [1.807, 2.05) is 0 Å². The molecule has 20 heavy (non-hydrogen) atoms. The molecule has 0 atom stereocenters. The van der Waals surface area contributed by atoms with Gasteiger partial charge in [0, 0.05) is 23.5 Å². The number of hydrogen-bond donors (Lipinski definition) is 4. The van der Waals surface area contributed by atoms with Crippen LogP contribution in [0.3, 0.4) is 0 Å². The first-order chi connectivity index (χ1) is 9.58. The highest BCUT2D eigenvalue weighted by Crippen LogP contribution is 2.22. The van der Waals surface area contributed by atoms with Gasteiger partial charge in [0.25, 0.3) is 0 Å². The lowest BCUT2D eigenvalue weighted by atomic mass is 10.1. The summed E-state index contributed by atoms with van der Waals surface area (Å²) in [6, 6.07) is 5.18. The Morgan fingerprint density at radius 1 is 1.00 bits per heavy atom. The minimum Gasteiger partial charge on any atom is -0.399 e. The van der Waals surface area contributed by atoms with Gasteiger partial charge >= 0.3 is 0 Å². The molecule has 2 aromatic rings. The molecule has 0 unspecified atom stereocenters. The predicted molar refractivity (Wildman–Crippen MR) is 81.9 cm³/mol. The molecule has 0 aliphatic heterocycles. The van der Waals surface area contributed by atoms with Crippen LogP contribution >= 0.6 is 0 Å². The number of nitrogen functional groups attached to an aromatic ring is 3. The molecular formula is C13H19N7. The van der Waals surface area contributed by atoms with E-state index in [0.717, 1.165) is 24.9 Å². The van der Waals surface area contributed by atoms with Crippen LogP contribution in [0.15, 0.2) is 18.2 Å². The SMILES string of the molecule is CCCCNc1nc(N)nc(-c2cc(N)cc(N)c2)n1. The fraction of sp³-hybridized carbons (Fsp3) is 0.308. The Morgan fingerprint density at radius 2 is 1.70 bits per heavy atom. The Labute approximate surface area is 117 Å². The normalized spacial score (nSPS) is 10.4. The average Bonchev–Trinajstić information content (AvgIpc) is 2.37. The molecule has 2 rings (SSSR count). The maximum Gasteiger partial charge on any atom is 0.228 e. The fourth-order valence-electron chi connectivity index (χ4n) is 1.78. The van der Waals surface area contributed by atoms with E-state index in [1.165, 1.54) is 0 Å². The molecule has 1 aromatic heterocycles. The third-order valence-electron chi connectivity index (χ3n) is 2.70. The van der Waals surface area contributed by atoms with E-state index in [0.29, 0.717) is 23.1 Å². The summed E-state index contributed by atoms with van der Waals surface area (Å²) in [5.74, 6) is 1.08. The minimum absolute atomic E-state index is 0.162. The summed E-state index contributed by atoms with van der Waals surface area (Å²) in [6.45, 7) is 2.91. The highest BCUT2D eigenvalue weighted by Gasteiger charge is 2.08. The van der Waals surface area contributed by atoms with Crippen molar-refractivity contribution in [2.24, 2.45) is 0 Å². The third-order valence-corrected chi connectivity index (χ3v) is 2.70. The Morgan fingerprint density at radius 3 is 2.35 bits per heavy atom. The highest BCUT2D eigenvalue weighted by atomic mass is 15.2. The van der Waals surface area contributed by atoms with Crippen molar-refractivity contribution in [3.63, 3.8) is 0 Å². The maximum absolute atomic E-state index is 5.77. The summed E-state index contributed by atoms with van der Waals surface area (Å²) in [4.78, 5) is 12.5. The second-order valence-corrected chi connectivity index (χ2v) is 4.51. The van der Waals surface area contributed by atoms with Crippen molar-refractivity contribution >= 4 is 23.3 Å². The molecule has 0 bridgehead atoms. The van der Waals surface area contributed by atoms with Crippen molar-refractivity contribution in [3.8, 4) is 11.4 Å². The number of hydrogen-bond acceptors (Lipinski definition) is 7. The summed E-state index contributed by atoms with van der Waals surface area (Å²) in [6.07, 6.45) is 2.12. The number of nitrogens with zero attached hydrogens (tertiary/aromatic N) is 3. The zero-order chi connectivity index (χ0) is 14.5. The van der Waals surface area contributed by atoms with Crippen molar-refractivity contribution in [1.29, 1.82) is 0 Å². The van der Waals surface area contributed by atoms with Gasteiger partial charge in [0.2, 0.25) is 11.9 Å². The molecule has 0 fully saturated rings. The van der Waals surface area contributed by atoms with E-state index in [4.69, 9.17) is 17.2 Å². The molecule has 0 amide bonds. The van der Waals surface area contributed by atoms with Gasteiger partial charge in [-0.05, 0) is 24.6 Å². The number of anilines is 4. The third kappa shape index (κ3) is 3.47. The lowest BCUT2D eigenvalue weighted by Gasteiger charge is -2.08. The fourth-order valence-corrected chi connectivity index (χ4v) is 1.78. The molecular weight excluding hydrogens is 254 g/mol. The predicted octanol–water partition coefficient (Wildman–Crippen LogP) is 1.50. The van der Waals surface area contributed by atoms with Gasteiger partial charge in [-0.2, -0.15) is 15.0 Å². The first-order valence-corrected chi connectivity index (χ1v) is 6.50. The number of nitrogens with one attached hydrogen (secondary N) is 1. The smallest absolute Gasteiger partial charge is 0.228 e. The largest absolute Gasteiger partial charge is 0.399 e. The second kappa shape index (κ2) is 6.05. The van der Waals surface area contributed by atoms with Crippen molar-refractivity contribution in [1.82, 2.24) is 15.0 Å². The Kier molecular flexibility index (Phi) is 4.19. The van der Waals surface area contributed by atoms with Gasteiger partial charge in [0.05, 0.1) is 0 Å². The monoisotopic (exact) mass is 273 g/mol. The van der Waals surface area contributed by atoms with Crippen LogP contribution in [0.4, 0.5) is 23.3 Å². The number of nitrogens with two attached hydrogens (primary N) is 3. The van der Waals surface area contributed by atoms with Gasteiger partial charge in [0.1, 0.15) is 0 Å². The van der Waals surface area contributed by atoms with Crippen LogP contribution in [0.1, 0.15) is 19.8 Å². The summed E-state index contributed by atoms with van der Waals surface area (Å²) in [7, 11) is 0. The van der Waals surface area contributed by atoms with Gasteiger partial charge in [0.15, 0.2) is 5.82 Å². The molecule has 7 nitrogen and oxygen atoms in total. The van der Waals surface area contributed by atoms with Crippen LogP contribution in [0, 0.1) is 0 Å². The van der Waals surface area contributed by atoms with E-state index < -0.39 is 0 Å². The highest BCUT2D eigenvalue weighted by molar-refractivity contribution is 5.68. The van der Waals surface area contributed by atoms with Crippen LogP contribution in [0.2, 0.25) is 0 Å². The molecule has 7 heteroatoms. The molecule has 0 aliphatic rings. The van der Waals surface area contributed by atoms with Crippen molar-refractivity contribution in [2.45, 2.75) is 19.8 Å². The van der Waals surface area contributed by atoms with Crippen molar-refractivity contribution < 1.29 is 0 Å². The van der Waals surface area contributed by atoms with E-state index in [-0.39, 0.29) is 5.95 Å². The van der Waals surface area contributed by atoms with E-state index in [1.54, 1.807) is 18.2 Å². The van der Waals surface area contributed by atoms with Crippen LogP contribution in [-0.4, -0.2) is 21.5 Å². The van der Waals surface area contributed by atoms with E-state index >= 15 is 0 Å². The van der Waals surface area contributed by atoms with Crippen molar-refractivity contribution in [2.75, 3.05) is 29.1 Å². The molecule has 0 aliphatic carbocycles. The lowest BCUT2D eigenvalue weighted by molar-refractivity contribution is 0.825. The zero-order valence-corrected chi connectivity index (χ0v) is 11.4. The van der Waals surface area contributed by atoms with Crippen LogP contribution < -0.4 is 22.5 Å². The molecule has 1 aromatic carbocycles. The molecule has 0 spiro atoms. The zero-order valence-electron chi connectivity index (χ0n) is 11.4. The van der Waals surface area contributed by atoms with Gasteiger partial charge in [-0.1, -0.05) is 13.3 Å². The summed E-state index contributed by atoms with van der Waals surface area (Å²) in [5.41, 5.74) is 19.1. The topological polar surface area (TPSA) is 129 Å². The molecule has 7 N–H and O–H groups in total. The van der Waals surface area contributed by atoms with Gasteiger partial charge < -0.3 is 22.5 Å². The summed E-state index contributed by atoms with van der Waals surface area (Å²) in [5, 5.41) is 3.12. The Hall–Kier alpha value is -2.57. The minimum atomic E-state index is 0.162. The Balaban J connectivity index is 2.31. The number of aromatic nitrogens is 3. The van der Waals surface area contributed by atoms with Crippen LogP contribution in [0.25, 0.3) is 11.4 Å². The van der Waals surface area contributed by atoms with Crippen molar-refractivity contribution in [3.05, 3.63) is 18.2 Å². The quantitative estimate of drug-likeness (QED) is 0.480. The maximum atomic E-state index is 5.77. The first-order valence-electron chi connectivity index (χ1n) is 6.50. The molecule has 1 heterocycles. The number of benzene rings is 1. The molecule has 106 valence electrons. The van der Waals surface area contributed by atoms with E-state index in [9.17, 15) is 0 Å². The van der Waals surface area contributed by atoms with Crippen LogP contribution in [-0.2, 0) is 0 Å². The average molecular weight is 273 g/mol. The summed E-state index contributed by atoms with van der Waals surface area (Å²) < 4.78 is 0. The Bertz CT molecular complexity index is 577. The van der Waals surface area contributed by atoms with Gasteiger partial charge in [-0.3, -0.25) is 0 Å². The van der Waals surface area contributed by atoms with Gasteiger partial charge in [-0.15, -0.1) is 0 Å².